The topological polar surface area (TPSA) is 62.1 Å². The molecule has 2 aliphatic rings. The number of amidine groups is 2. The highest BCUT2D eigenvalue weighted by atomic mass is 32.2. The second-order valence-electron chi connectivity index (χ2n) is 6.95. The molecule has 0 spiro atoms. The minimum absolute atomic E-state index is 0.0601. The monoisotopic (exact) mass is 395 g/mol. The lowest BCUT2D eigenvalue weighted by Crippen LogP contribution is -2.42. The Kier molecular flexibility index (Phi) is 4.85. The van der Waals surface area contributed by atoms with E-state index in [2.05, 4.69) is 9.98 Å². The Labute approximate surface area is 166 Å². The van der Waals surface area contributed by atoms with Crippen LogP contribution in [0.15, 0.2) is 58.5 Å². The quantitative estimate of drug-likeness (QED) is 0.734. The van der Waals surface area contributed by atoms with E-state index in [-0.39, 0.29) is 29.2 Å². The number of thioether (sulfide) groups is 1. The van der Waals surface area contributed by atoms with E-state index >= 15 is 0 Å². The molecule has 0 radical (unpaired) electrons. The van der Waals surface area contributed by atoms with E-state index in [4.69, 9.17) is 0 Å². The standard InChI is InChI=1S/C21H18FN3O2S/c1-12(2)18-20(27)25-19(24-18)15-5-3-4-6-16(15)23-21(25)28-11-17(26)13-7-9-14(22)10-8-13/h3-10,12,18H,11H2,1-2H3/t18-/m1/s1. The Hall–Kier alpha value is -2.80. The summed E-state index contributed by atoms with van der Waals surface area (Å²) in [6.45, 7) is 3.91. The molecule has 7 heteroatoms. The van der Waals surface area contributed by atoms with Crippen molar-refractivity contribution in [3.63, 3.8) is 0 Å². The molecular formula is C21H18FN3O2S. The molecule has 2 aromatic rings. The van der Waals surface area contributed by atoms with E-state index < -0.39 is 6.04 Å². The van der Waals surface area contributed by atoms with E-state index in [9.17, 15) is 14.0 Å². The van der Waals surface area contributed by atoms with Gasteiger partial charge in [-0.25, -0.2) is 14.3 Å². The number of benzene rings is 2. The molecule has 5 nitrogen and oxygen atoms in total. The lowest BCUT2D eigenvalue weighted by atomic mass is 10.1. The fourth-order valence-electron chi connectivity index (χ4n) is 3.15. The lowest BCUT2D eigenvalue weighted by molar-refractivity contribution is -0.125. The van der Waals surface area contributed by atoms with Gasteiger partial charge in [-0.15, -0.1) is 0 Å². The first kappa shape index (κ1) is 18.6. The molecule has 2 aromatic carbocycles. The van der Waals surface area contributed by atoms with Gasteiger partial charge in [0, 0.05) is 11.1 Å². The second-order valence-corrected chi connectivity index (χ2v) is 7.89. The molecule has 2 aliphatic heterocycles. The van der Waals surface area contributed by atoms with E-state index in [1.807, 2.05) is 38.1 Å². The highest BCUT2D eigenvalue weighted by Gasteiger charge is 2.42. The average molecular weight is 395 g/mol. The number of fused-ring (bicyclic) bond motifs is 3. The number of hydrogen-bond acceptors (Lipinski definition) is 5. The zero-order valence-corrected chi connectivity index (χ0v) is 16.2. The number of halogens is 1. The number of carbonyl (C=O) groups is 2. The lowest BCUT2D eigenvalue weighted by Gasteiger charge is -2.25. The van der Waals surface area contributed by atoms with Crippen molar-refractivity contribution < 1.29 is 14.0 Å². The normalized spacial score (nSPS) is 17.9. The summed E-state index contributed by atoms with van der Waals surface area (Å²) < 4.78 is 13.1. The fourth-order valence-corrected chi connectivity index (χ4v) is 4.05. The molecule has 0 aromatic heterocycles. The molecule has 0 unspecified atom stereocenters. The molecule has 1 amide bonds. The van der Waals surface area contributed by atoms with Gasteiger partial charge in [0.15, 0.2) is 11.0 Å². The third kappa shape index (κ3) is 3.26. The maximum atomic E-state index is 13.1. The van der Waals surface area contributed by atoms with Gasteiger partial charge in [-0.3, -0.25) is 14.6 Å². The maximum absolute atomic E-state index is 13.1. The second kappa shape index (κ2) is 7.31. The van der Waals surface area contributed by atoms with Crippen molar-refractivity contribution >= 4 is 40.1 Å². The minimum Gasteiger partial charge on any atom is -0.293 e. The largest absolute Gasteiger partial charge is 0.293 e. The van der Waals surface area contributed by atoms with Gasteiger partial charge < -0.3 is 0 Å². The molecule has 142 valence electrons. The van der Waals surface area contributed by atoms with Crippen LogP contribution in [0.2, 0.25) is 0 Å². The Bertz CT molecular complexity index is 1010. The predicted octanol–water partition coefficient (Wildman–Crippen LogP) is 4.06. The van der Waals surface area contributed by atoms with Crippen LogP contribution in [0.1, 0.15) is 29.8 Å². The smallest absolute Gasteiger partial charge is 0.259 e. The molecule has 0 saturated heterocycles. The predicted molar refractivity (Wildman–Crippen MR) is 109 cm³/mol. The van der Waals surface area contributed by atoms with Crippen molar-refractivity contribution in [2.45, 2.75) is 19.9 Å². The third-order valence-electron chi connectivity index (χ3n) is 4.63. The molecule has 0 bridgehead atoms. The van der Waals surface area contributed by atoms with Crippen LogP contribution in [0.4, 0.5) is 10.1 Å². The number of aliphatic imine (C=N–C) groups is 2. The van der Waals surface area contributed by atoms with Crippen molar-refractivity contribution in [2.75, 3.05) is 5.75 Å². The number of carbonyl (C=O) groups excluding carboxylic acids is 2. The maximum Gasteiger partial charge on any atom is 0.259 e. The van der Waals surface area contributed by atoms with Crippen LogP contribution >= 0.6 is 11.8 Å². The van der Waals surface area contributed by atoms with Crippen LogP contribution in [0.5, 0.6) is 0 Å². The fraction of sp³-hybridized carbons (Fsp3) is 0.238. The molecule has 28 heavy (non-hydrogen) atoms. The van der Waals surface area contributed by atoms with Crippen molar-refractivity contribution in [1.29, 1.82) is 0 Å². The number of ketones is 1. The van der Waals surface area contributed by atoms with Gasteiger partial charge in [0.2, 0.25) is 0 Å². The van der Waals surface area contributed by atoms with E-state index in [0.29, 0.717) is 16.6 Å². The van der Waals surface area contributed by atoms with Gasteiger partial charge >= 0.3 is 0 Å². The summed E-state index contributed by atoms with van der Waals surface area (Å²) in [5.74, 6) is 0.0736. The molecule has 4 rings (SSSR count). The SMILES string of the molecule is CC(C)[C@H]1N=C2c3ccccc3N=C(SCC(=O)c3ccc(F)cc3)N2C1=O. The van der Waals surface area contributed by atoms with Crippen molar-refractivity contribution in [3.8, 4) is 0 Å². The summed E-state index contributed by atoms with van der Waals surface area (Å²) >= 11 is 1.19. The van der Waals surface area contributed by atoms with Crippen molar-refractivity contribution in [1.82, 2.24) is 4.90 Å². The summed E-state index contributed by atoms with van der Waals surface area (Å²) in [6.07, 6.45) is 0. The molecule has 2 heterocycles. The van der Waals surface area contributed by atoms with Crippen LogP contribution < -0.4 is 0 Å². The van der Waals surface area contributed by atoms with E-state index in [1.54, 1.807) is 0 Å². The molecular weight excluding hydrogens is 377 g/mol. The number of rotatable bonds is 4. The van der Waals surface area contributed by atoms with E-state index in [1.165, 1.54) is 40.9 Å². The Balaban J connectivity index is 1.62. The summed E-state index contributed by atoms with van der Waals surface area (Å²) in [5, 5.41) is 0.445. The number of para-hydroxylation sites is 1. The van der Waals surface area contributed by atoms with Crippen LogP contribution in [0.3, 0.4) is 0 Å². The zero-order valence-electron chi connectivity index (χ0n) is 15.4. The van der Waals surface area contributed by atoms with Crippen LogP contribution in [0, 0.1) is 11.7 Å². The van der Waals surface area contributed by atoms with Crippen LogP contribution in [-0.2, 0) is 4.79 Å². The van der Waals surface area contributed by atoms with Gasteiger partial charge in [-0.2, -0.15) is 0 Å². The average Bonchev–Trinajstić information content (AvgIpc) is 3.04. The van der Waals surface area contributed by atoms with Gasteiger partial charge in [-0.05, 0) is 42.3 Å². The highest BCUT2D eigenvalue weighted by molar-refractivity contribution is 8.14. The molecule has 0 fully saturated rings. The Morgan fingerprint density at radius 1 is 1.18 bits per heavy atom. The number of Topliss-reactive ketones (excluding diaryl/α,β-unsaturated/α-hetero) is 1. The minimum atomic E-state index is -0.459. The van der Waals surface area contributed by atoms with Crippen molar-refractivity contribution in [2.24, 2.45) is 15.9 Å². The van der Waals surface area contributed by atoms with Crippen LogP contribution in [0.25, 0.3) is 0 Å². The molecule has 0 aliphatic carbocycles. The summed E-state index contributed by atoms with van der Waals surface area (Å²) in [6, 6.07) is 12.5. The first-order valence-corrected chi connectivity index (χ1v) is 9.95. The summed E-state index contributed by atoms with van der Waals surface area (Å²) in [5.41, 5.74) is 1.96. The van der Waals surface area contributed by atoms with Gasteiger partial charge in [0.05, 0.1) is 11.4 Å². The van der Waals surface area contributed by atoms with E-state index in [0.717, 1.165) is 11.3 Å². The number of hydrogen-bond donors (Lipinski definition) is 0. The van der Waals surface area contributed by atoms with Gasteiger partial charge in [0.25, 0.3) is 5.91 Å². The van der Waals surface area contributed by atoms with Gasteiger partial charge in [0.1, 0.15) is 17.7 Å². The molecule has 0 N–H and O–H groups in total. The van der Waals surface area contributed by atoms with Crippen molar-refractivity contribution in [3.05, 3.63) is 65.5 Å². The third-order valence-corrected chi connectivity index (χ3v) is 5.57. The first-order valence-electron chi connectivity index (χ1n) is 8.97. The first-order chi connectivity index (χ1) is 13.5. The number of nitrogens with zero attached hydrogens (tertiary/aromatic N) is 3. The molecule has 0 saturated carbocycles. The Morgan fingerprint density at radius 3 is 2.61 bits per heavy atom. The molecule has 1 atom stereocenters. The number of amides is 1. The van der Waals surface area contributed by atoms with Gasteiger partial charge in [-0.1, -0.05) is 37.7 Å². The summed E-state index contributed by atoms with van der Waals surface area (Å²) in [7, 11) is 0. The zero-order chi connectivity index (χ0) is 19.8. The Morgan fingerprint density at radius 2 is 1.89 bits per heavy atom. The summed E-state index contributed by atoms with van der Waals surface area (Å²) in [4.78, 5) is 36.2. The van der Waals surface area contributed by atoms with Crippen LogP contribution in [-0.4, -0.2) is 39.4 Å². The highest BCUT2D eigenvalue weighted by Crippen LogP contribution is 2.34.